The van der Waals surface area contributed by atoms with Gasteiger partial charge in [-0.1, -0.05) is 25.4 Å². The zero-order valence-corrected chi connectivity index (χ0v) is 15.9. The van der Waals surface area contributed by atoms with E-state index in [-0.39, 0.29) is 35.8 Å². The minimum atomic E-state index is -4.58. The lowest BCUT2D eigenvalue weighted by molar-refractivity contribution is -0.137. The van der Waals surface area contributed by atoms with Gasteiger partial charge in [-0.3, -0.25) is 0 Å². The second kappa shape index (κ2) is 8.71. The lowest BCUT2D eigenvalue weighted by atomic mass is 10.0. The van der Waals surface area contributed by atoms with Crippen LogP contribution in [0.1, 0.15) is 25.8 Å². The smallest absolute Gasteiger partial charge is 0.327 e. The Labute approximate surface area is 151 Å². The monoisotopic (exact) mass is 408 g/mol. The molecule has 0 saturated carbocycles. The molecule has 24 heavy (non-hydrogen) atoms. The lowest BCUT2D eigenvalue weighted by Gasteiger charge is -2.22. The van der Waals surface area contributed by atoms with Crippen LogP contribution in [0.15, 0.2) is 23.1 Å². The van der Waals surface area contributed by atoms with Gasteiger partial charge in [-0.25, -0.2) is 12.7 Å². The number of hydrogen-bond acceptors (Lipinski definition) is 3. The van der Waals surface area contributed by atoms with Crippen LogP contribution in [0.5, 0.6) is 0 Å². The minimum absolute atomic E-state index is 0. The van der Waals surface area contributed by atoms with Gasteiger partial charge in [-0.05, 0) is 30.5 Å². The molecule has 0 bridgehead atoms. The fourth-order valence-electron chi connectivity index (χ4n) is 1.84. The van der Waals surface area contributed by atoms with Gasteiger partial charge in [0.25, 0.3) is 0 Å². The molecule has 4 nitrogen and oxygen atoms in total. The van der Waals surface area contributed by atoms with E-state index in [0.717, 1.165) is 10.4 Å². The second-order valence-electron chi connectivity index (χ2n) is 5.67. The first-order valence-corrected chi connectivity index (χ1v) is 8.78. The van der Waals surface area contributed by atoms with Crippen molar-refractivity contribution < 1.29 is 21.6 Å². The van der Waals surface area contributed by atoms with Crippen molar-refractivity contribution in [2.24, 2.45) is 11.7 Å². The molecular weight excluding hydrogens is 388 g/mol. The Morgan fingerprint density at radius 3 is 2.25 bits per heavy atom. The molecule has 0 aliphatic carbocycles. The number of alkyl halides is 3. The summed E-state index contributed by atoms with van der Waals surface area (Å²) in [6, 6.07) is 2.02. The highest BCUT2D eigenvalue weighted by Crippen LogP contribution is 2.34. The largest absolute Gasteiger partial charge is 0.416 e. The highest BCUT2D eigenvalue weighted by Gasteiger charge is 2.32. The number of halogens is 5. The molecule has 140 valence electrons. The van der Waals surface area contributed by atoms with Crippen molar-refractivity contribution in [3.8, 4) is 0 Å². The zero-order chi connectivity index (χ0) is 18.0. The molecule has 10 heteroatoms. The molecule has 1 atom stereocenters. The molecule has 0 aliphatic rings. The molecule has 1 aromatic rings. The fraction of sp³-hybridized carbons (Fsp3) is 0.571. The van der Waals surface area contributed by atoms with E-state index in [1.165, 1.54) is 7.05 Å². The minimum Gasteiger partial charge on any atom is -0.327 e. The van der Waals surface area contributed by atoms with Crippen molar-refractivity contribution in [1.82, 2.24) is 4.31 Å². The number of hydrogen-bond donors (Lipinski definition) is 1. The van der Waals surface area contributed by atoms with E-state index in [4.69, 9.17) is 17.3 Å². The summed E-state index contributed by atoms with van der Waals surface area (Å²) in [6.07, 6.45) is -4.15. The highest BCUT2D eigenvalue weighted by atomic mass is 35.5. The summed E-state index contributed by atoms with van der Waals surface area (Å²) in [5.74, 6) is 0.195. The van der Waals surface area contributed by atoms with Crippen LogP contribution in [-0.4, -0.2) is 32.4 Å². The summed E-state index contributed by atoms with van der Waals surface area (Å²) >= 11 is 5.75. The summed E-state index contributed by atoms with van der Waals surface area (Å²) in [5.41, 5.74) is 4.88. The summed E-state index contributed by atoms with van der Waals surface area (Å²) < 4.78 is 63.7. The van der Waals surface area contributed by atoms with Gasteiger partial charge in [0, 0.05) is 19.6 Å². The molecule has 0 spiro atoms. The van der Waals surface area contributed by atoms with Gasteiger partial charge in [0.15, 0.2) is 0 Å². The van der Waals surface area contributed by atoms with Crippen LogP contribution in [0.25, 0.3) is 0 Å². The first-order chi connectivity index (χ1) is 10.4. The van der Waals surface area contributed by atoms with Gasteiger partial charge in [0.1, 0.15) is 4.90 Å². The maximum Gasteiger partial charge on any atom is 0.416 e. The predicted molar refractivity (Wildman–Crippen MR) is 90.9 cm³/mol. The summed E-state index contributed by atoms with van der Waals surface area (Å²) in [4.78, 5) is -0.354. The number of nitrogens with zero attached hydrogens (tertiary/aromatic N) is 1. The van der Waals surface area contributed by atoms with Gasteiger partial charge >= 0.3 is 6.18 Å². The molecule has 0 aliphatic heterocycles. The Morgan fingerprint density at radius 2 is 1.83 bits per heavy atom. The van der Waals surface area contributed by atoms with Crippen molar-refractivity contribution >= 4 is 34.0 Å². The maximum atomic E-state index is 12.6. The molecule has 1 unspecified atom stereocenters. The molecule has 0 radical (unpaired) electrons. The first-order valence-electron chi connectivity index (χ1n) is 6.96. The van der Waals surface area contributed by atoms with Crippen LogP contribution in [0, 0.1) is 5.92 Å². The van der Waals surface area contributed by atoms with Crippen LogP contribution in [0.4, 0.5) is 13.2 Å². The van der Waals surface area contributed by atoms with E-state index in [1.807, 2.05) is 13.8 Å². The standard InChI is InChI=1S/C14H20ClF3N2O2S.ClH/c1-9(2)12(19)6-7-20(3)23(21,22)13-5-4-10(8-11(13)15)14(16,17)18;/h4-5,8-9,12H,6-7,19H2,1-3H3;1H. The molecule has 2 N–H and O–H groups in total. The van der Waals surface area contributed by atoms with Crippen LogP contribution in [0.3, 0.4) is 0 Å². The quantitative estimate of drug-likeness (QED) is 0.778. The van der Waals surface area contributed by atoms with Gasteiger partial charge in [-0.2, -0.15) is 13.2 Å². The van der Waals surface area contributed by atoms with Gasteiger partial charge in [0.2, 0.25) is 10.0 Å². The molecule has 0 fully saturated rings. The Balaban J connectivity index is 0.00000529. The van der Waals surface area contributed by atoms with Crippen LogP contribution in [0.2, 0.25) is 5.02 Å². The normalized spacial score (nSPS) is 13.9. The average Bonchev–Trinajstić information content (AvgIpc) is 2.42. The molecule has 0 heterocycles. The Hall–Kier alpha value is -0.540. The molecule has 0 aromatic heterocycles. The van der Waals surface area contributed by atoms with E-state index >= 15 is 0 Å². The van der Waals surface area contributed by atoms with E-state index < -0.39 is 26.8 Å². The highest BCUT2D eigenvalue weighted by molar-refractivity contribution is 7.89. The topological polar surface area (TPSA) is 63.4 Å². The second-order valence-corrected chi connectivity index (χ2v) is 8.09. The first kappa shape index (κ1) is 23.5. The van der Waals surface area contributed by atoms with Crippen molar-refractivity contribution in [1.29, 1.82) is 0 Å². The van der Waals surface area contributed by atoms with Gasteiger partial charge in [0.05, 0.1) is 10.6 Å². The number of nitrogens with two attached hydrogens (primary N) is 1. The van der Waals surface area contributed by atoms with Crippen LogP contribution >= 0.6 is 24.0 Å². The SMILES string of the molecule is CC(C)C(N)CCN(C)S(=O)(=O)c1ccc(C(F)(F)F)cc1Cl.Cl. The number of rotatable bonds is 6. The van der Waals surface area contributed by atoms with Crippen LogP contribution in [-0.2, 0) is 16.2 Å². The Bertz CT molecular complexity index is 652. The van der Waals surface area contributed by atoms with Gasteiger partial charge in [-0.15, -0.1) is 12.4 Å². The third kappa shape index (κ3) is 5.77. The molecular formula is C14H21Cl2F3N2O2S. The third-order valence-corrected chi connectivity index (χ3v) is 5.92. The molecule has 1 rings (SSSR count). The van der Waals surface area contributed by atoms with Crippen molar-refractivity contribution in [3.05, 3.63) is 28.8 Å². The van der Waals surface area contributed by atoms with Crippen molar-refractivity contribution in [2.45, 2.75) is 37.4 Å². The Morgan fingerprint density at radius 1 is 1.29 bits per heavy atom. The number of benzene rings is 1. The van der Waals surface area contributed by atoms with Gasteiger partial charge < -0.3 is 5.73 Å². The van der Waals surface area contributed by atoms with E-state index in [2.05, 4.69) is 0 Å². The third-order valence-electron chi connectivity index (χ3n) is 3.58. The molecule has 1 aromatic carbocycles. The summed E-state index contributed by atoms with van der Waals surface area (Å²) in [6.45, 7) is 4.00. The number of sulfonamides is 1. The summed E-state index contributed by atoms with van der Waals surface area (Å²) in [5, 5.41) is -0.458. The predicted octanol–water partition coefficient (Wildman–Crippen LogP) is 3.77. The van der Waals surface area contributed by atoms with Crippen LogP contribution < -0.4 is 5.73 Å². The average molecular weight is 409 g/mol. The van der Waals surface area contributed by atoms with E-state index in [9.17, 15) is 21.6 Å². The maximum absolute atomic E-state index is 12.6. The Kier molecular flexibility index (Phi) is 8.51. The van der Waals surface area contributed by atoms with E-state index in [0.29, 0.717) is 18.6 Å². The molecule has 0 amide bonds. The van der Waals surface area contributed by atoms with E-state index in [1.54, 1.807) is 0 Å². The van der Waals surface area contributed by atoms with Crippen molar-refractivity contribution in [2.75, 3.05) is 13.6 Å². The molecule has 0 saturated heterocycles. The van der Waals surface area contributed by atoms with Crippen molar-refractivity contribution in [3.63, 3.8) is 0 Å². The zero-order valence-electron chi connectivity index (χ0n) is 13.5. The fourth-order valence-corrected chi connectivity index (χ4v) is 3.54. The summed E-state index contributed by atoms with van der Waals surface area (Å²) in [7, 11) is -2.63. The lowest BCUT2D eigenvalue weighted by Crippen LogP contribution is -2.34.